The Morgan fingerprint density at radius 1 is 0.962 bits per heavy atom. The van der Waals surface area contributed by atoms with E-state index >= 15 is 0 Å². The summed E-state index contributed by atoms with van der Waals surface area (Å²) in [4.78, 5) is 13.4. The first-order valence-electron chi connectivity index (χ1n) is 8.74. The Hall–Kier alpha value is -2.93. The van der Waals surface area contributed by atoms with Crippen LogP contribution in [0.1, 0.15) is 11.7 Å². The Bertz CT molecular complexity index is 801. The van der Waals surface area contributed by atoms with Crippen LogP contribution in [0.15, 0.2) is 59.3 Å². The number of rotatable bonds is 6. The van der Waals surface area contributed by atoms with Gasteiger partial charge in [0.25, 0.3) is 0 Å². The summed E-state index contributed by atoms with van der Waals surface area (Å²) in [5.74, 6) is 3.02. The summed E-state index contributed by atoms with van der Waals surface area (Å²) in [5, 5.41) is 4.00. The third-order valence-corrected chi connectivity index (χ3v) is 4.33. The number of ether oxygens (including phenoxy) is 1. The number of aromatic nitrogens is 3. The van der Waals surface area contributed by atoms with Gasteiger partial charge in [-0.05, 0) is 24.3 Å². The van der Waals surface area contributed by atoms with E-state index in [0.717, 1.165) is 37.7 Å². The van der Waals surface area contributed by atoms with Crippen molar-refractivity contribution < 1.29 is 9.26 Å². The van der Waals surface area contributed by atoms with Crippen molar-refractivity contribution in [2.24, 2.45) is 0 Å². The Kier molecular flexibility index (Phi) is 5.07. The Labute approximate surface area is 152 Å². The molecule has 0 aliphatic carbocycles. The summed E-state index contributed by atoms with van der Waals surface area (Å²) in [5.41, 5.74) is 0. The highest BCUT2D eigenvalue weighted by Gasteiger charge is 2.20. The van der Waals surface area contributed by atoms with Gasteiger partial charge in [-0.3, -0.25) is 4.90 Å². The molecule has 7 heteroatoms. The van der Waals surface area contributed by atoms with E-state index in [9.17, 15) is 0 Å². The molecule has 1 aliphatic heterocycles. The molecular formula is C19H21N5O2. The minimum Gasteiger partial charge on any atom is -0.485 e. The predicted octanol–water partition coefficient (Wildman–Crippen LogP) is 2.37. The lowest BCUT2D eigenvalue weighted by Gasteiger charge is -2.34. The zero-order chi connectivity index (χ0) is 17.6. The molecule has 0 unspecified atom stereocenters. The normalized spacial score (nSPS) is 15.2. The summed E-state index contributed by atoms with van der Waals surface area (Å²) in [6.07, 6.45) is 1.83. The first-order chi connectivity index (χ1) is 12.9. The van der Waals surface area contributed by atoms with Crippen molar-refractivity contribution in [3.63, 3.8) is 0 Å². The fourth-order valence-corrected chi connectivity index (χ4v) is 2.94. The second kappa shape index (κ2) is 7.97. The Balaban J connectivity index is 1.26. The van der Waals surface area contributed by atoms with Crippen LogP contribution >= 0.6 is 0 Å². The van der Waals surface area contributed by atoms with Crippen LogP contribution in [-0.4, -0.2) is 46.2 Å². The molecule has 1 aliphatic rings. The summed E-state index contributed by atoms with van der Waals surface area (Å²) in [7, 11) is 0. The molecule has 0 saturated carbocycles. The lowest BCUT2D eigenvalue weighted by molar-refractivity contribution is 0.214. The van der Waals surface area contributed by atoms with Crippen molar-refractivity contribution in [1.82, 2.24) is 20.0 Å². The molecule has 2 aromatic heterocycles. The number of hydrogen-bond acceptors (Lipinski definition) is 7. The van der Waals surface area contributed by atoms with Gasteiger partial charge >= 0.3 is 0 Å². The standard InChI is InChI=1S/C19H21N5O2/c1-2-6-16(7-3-1)25-15-17-21-19(26-22-17)14-23-10-12-24(13-11-23)18-8-4-5-9-20-18/h1-9H,10-15H2. The van der Waals surface area contributed by atoms with E-state index in [0.29, 0.717) is 24.9 Å². The van der Waals surface area contributed by atoms with E-state index in [1.165, 1.54) is 0 Å². The predicted molar refractivity (Wildman–Crippen MR) is 96.8 cm³/mol. The maximum Gasteiger partial charge on any atom is 0.240 e. The van der Waals surface area contributed by atoms with E-state index in [2.05, 4.69) is 24.9 Å². The minimum absolute atomic E-state index is 0.307. The number of para-hydroxylation sites is 1. The fraction of sp³-hybridized carbons (Fsp3) is 0.316. The number of hydrogen-bond donors (Lipinski definition) is 0. The molecule has 0 amide bonds. The lowest BCUT2D eigenvalue weighted by Crippen LogP contribution is -2.46. The molecular weight excluding hydrogens is 330 g/mol. The fourth-order valence-electron chi connectivity index (χ4n) is 2.94. The zero-order valence-corrected chi connectivity index (χ0v) is 14.5. The van der Waals surface area contributed by atoms with Gasteiger partial charge in [0.2, 0.25) is 11.7 Å². The molecule has 1 aromatic carbocycles. The lowest BCUT2D eigenvalue weighted by atomic mass is 10.3. The molecule has 26 heavy (non-hydrogen) atoms. The van der Waals surface area contributed by atoms with Crippen LogP contribution in [0, 0.1) is 0 Å². The summed E-state index contributed by atoms with van der Waals surface area (Å²) in [6.45, 7) is 4.73. The van der Waals surface area contributed by atoms with Gasteiger partial charge in [0.05, 0.1) is 6.54 Å². The molecule has 4 rings (SSSR count). The van der Waals surface area contributed by atoms with Crippen molar-refractivity contribution in [2.75, 3.05) is 31.1 Å². The second-order valence-corrected chi connectivity index (χ2v) is 6.16. The van der Waals surface area contributed by atoms with Gasteiger partial charge in [0.15, 0.2) is 6.61 Å². The molecule has 0 spiro atoms. The molecule has 7 nitrogen and oxygen atoms in total. The average molecular weight is 351 g/mol. The monoisotopic (exact) mass is 351 g/mol. The largest absolute Gasteiger partial charge is 0.485 e. The number of piperazine rings is 1. The van der Waals surface area contributed by atoms with Crippen LogP contribution in [0.25, 0.3) is 0 Å². The summed E-state index contributed by atoms with van der Waals surface area (Å²) in [6, 6.07) is 15.6. The smallest absolute Gasteiger partial charge is 0.240 e. The van der Waals surface area contributed by atoms with Gasteiger partial charge in [-0.2, -0.15) is 4.98 Å². The van der Waals surface area contributed by atoms with Crippen LogP contribution in [0.2, 0.25) is 0 Å². The number of pyridine rings is 1. The first kappa shape index (κ1) is 16.5. The van der Waals surface area contributed by atoms with E-state index in [4.69, 9.17) is 9.26 Å². The van der Waals surface area contributed by atoms with Crippen LogP contribution < -0.4 is 9.64 Å². The quantitative estimate of drug-likeness (QED) is 0.675. The SMILES string of the molecule is c1ccc(OCc2noc(CN3CCN(c4ccccn4)CC3)n2)cc1. The van der Waals surface area contributed by atoms with Crippen LogP contribution in [-0.2, 0) is 13.2 Å². The van der Waals surface area contributed by atoms with Crippen molar-refractivity contribution in [3.8, 4) is 5.75 Å². The Morgan fingerprint density at radius 3 is 2.54 bits per heavy atom. The van der Waals surface area contributed by atoms with E-state index in [-0.39, 0.29) is 0 Å². The first-order valence-corrected chi connectivity index (χ1v) is 8.74. The van der Waals surface area contributed by atoms with Gasteiger partial charge in [-0.1, -0.05) is 29.4 Å². The molecule has 0 atom stereocenters. The minimum atomic E-state index is 0.307. The molecule has 3 heterocycles. The summed E-state index contributed by atoms with van der Waals surface area (Å²) < 4.78 is 11.0. The van der Waals surface area contributed by atoms with Crippen molar-refractivity contribution in [2.45, 2.75) is 13.2 Å². The third kappa shape index (κ3) is 4.18. The second-order valence-electron chi connectivity index (χ2n) is 6.16. The molecule has 0 radical (unpaired) electrons. The molecule has 134 valence electrons. The molecule has 3 aromatic rings. The van der Waals surface area contributed by atoms with Crippen LogP contribution in [0.5, 0.6) is 5.75 Å². The maximum atomic E-state index is 5.65. The Morgan fingerprint density at radius 2 is 1.77 bits per heavy atom. The van der Waals surface area contributed by atoms with Crippen LogP contribution in [0.4, 0.5) is 5.82 Å². The van der Waals surface area contributed by atoms with E-state index < -0.39 is 0 Å². The number of anilines is 1. The topological polar surface area (TPSA) is 67.5 Å². The maximum absolute atomic E-state index is 5.65. The van der Waals surface area contributed by atoms with Gasteiger partial charge < -0.3 is 14.2 Å². The van der Waals surface area contributed by atoms with Gasteiger partial charge in [-0.15, -0.1) is 0 Å². The molecule has 0 bridgehead atoms. The molecule has 1 fully saturated rings. The highest BCUT2D eigenvalue weighted by Crippen LogP contribution is 2.14. The number of benzene rings is 1. The van der Waals surface area contributed by atoms with Gasteiger partial charge in [0.1, 0.15) is 11.6 Å². The van der Waals surface area contributed by atoms with E-state index in [1.807, 2.05) is 54.7 Å². The van der Waals surface area contributed by atoms with Crippen molar-refractivity contribution in [3.05, 3.63) is 66.4 Å². The van der Waals surface area contributed by atoms with Gasteiger partial charge in [-0.25, -0.2) is 4.98 Å². The van der Waals surface area contributed by atoms with E-state index in [1.54, 1.807) is 0 Å². The van der Waals surface area contributed by atoms with Crippen LogP contribution in [0.3, 0.4) is 0 Å². The third-order valence-electron chi connectivity index (χ3n) is 4.33. The van der Waals surface area contributed by atoms with Crippen molar-refractivity contribution >= 4 is 5.82 Å². The average Bonchev–Trinajstić information content (AvgIpc) is 3.16. The molecule has 0 N–H and O–H groups in total. The highest BCUT2D eigenvalue weighted by atomic mass is 16.5. The number of nitrogens with zero attached hydrogens (tertiary/aromatic N) is 5. The molecule has 1 saturated heterocycles. The van der Waals surface area contributed by atoms with Gasteiger partial charge in [0, 0.05) is 32.4 Å². The zero-order valence-electron chi connectivity index (χ0n) is 14.5. The summed E-state index contributed by atoms with van der Waals surface area (Å²) >= 11 is 0. The highest BCUT2D eigenvalue weighted by molar-refractivity contribution is 5.38. The van der Waals surface area contributed by atoms with Crippen molar-refractivity contribution in [1.29, 1.82) is 0 Å².